The molecule has 1 aromatic carbocycles. The smallest absolute Gasteiger partial charge is 0.255 e. The number of carbonyl (C=O) groups excluding carboxylic acids is 2. The number of fused-ring (bicyclic) bond motifs is 1. The topological polar surface area (TPSA) is 69.9 Å². The van der Waals surface area contributed by atoms with Gasteiger partial charge in [0.15, 0.2) is 6.17 Å². The summed E-state index contributed by atoms with van der Waals surface area (Å²) in [6.45, 7) is 1.83. The number of primary amides is 1. The Morgan fingerprint density at radius 1 is 1.18 bits per heavy atom. The second-order valence-corrected chi connectivity index (χ2v) is 8.97. The van der Waals surface area contributed by atoms with Crippen LogP contribution in [0, 0.1) is 0 Å². The Kier molecular flexibility index (Phi) is 5.19. The van der Waals surface area contributed by atoms with Crippen LogP contribution in [0.5, 0.6) is 0 Å². The molecule has 28 heavy (non-hydrogen) atoms. The summed E-state index contributed by atoms with van der Waals surface area (Å²) < 4.78 is 0. The van der Waals surface area contributed by atoms with Crippen molar-refractivity contribution in [2.24, 2.45) is 5.73 Å². The highest BCUT2D eigenvalue weighted by atomic mass is 16.2. The first-order valence-electron chi connectivity index (χ1n) is 10.6. The summed E-state index contributed by atoms with van der Waals surface area (Å²) in [6, 6.07) is 8.18. The van der Waals surface area contributed by atoms with Crippen LogP contribution in [0.1, 0.15) is 50.5 Å². The van der Waals surface area contributed by atoms with Crippen molar-refractivity contribution < 1.29 is 9.59 Å². The molecule has 1 saturated carbocycles. The predicted molar refractivity (Wildman–Crippen MR) is 110 cm³/mol. The van der Waals surface area contributed by atoms with Crippen molar-refractivity contribution >= 4 is 17.5 Å². The number of rotatable bonds is 6. The first kappa shape index (κ1) is 19.4. The Bertz CT molecular complexity index is 739. The molecule has 6 heteroatoms. The second kappa shape index (κ2) is 7.48. The van der Waals surface area contributed by atoms with Crippen molar-refractivity contribution in [2.75, 3.05) is 32.1 Å². The zero-order valence-corrected chi connectivity index (χ0v) is 17.1. The number of amides is 2. The summed E-state index contributed by atoms with van der Waals surface area (Å²) in [6.07, 6.45) is 7.26. The summed E-state index contributed by atoms with van der Waals surface area (Å²) in [4.78, 5) is 30.9. The molecular formula is C22H32N4O2. The first-order chi connectivity index (χ1) is 13.4. The molecule has 1 unspecified atom stereocenters. The fraction of sp³-hybridized carbons (Fsp3) is 0.636. The maximum Gasteiger partial charge on any atom is 0.255 e. The lowest BCUT2D eigenvalue weighted by molar-refractivity contribution is -0.122. The van der Waals surface area contributed by atoms with Gasteiger partial charge in [-0.05, 0) is 75.9 Å². The van der Waals surface area contributed by atoms with Crippen LogP contribution in [0.25, 0.3) is 0 Å². The molecule has 6 nitrogen and oxygen atoms in total. The fourth-order valence-corrected chi connectivity index (χ4v) is 5.48. The van der Waals surface area contributed by atoms with E-state index in [0.29, 0.717) is 0 Å². The molecule has 3 fully saturated rings. The highest BCUT2D eigenvalue weighted by Crippen LogP contribution is 2.44. The third-order valence-corrected chi connectivity index (χ3v) is 6.99. The van der Waals surface area contributed by atoms with E-state index < -0.39 is 12.1 Å². The number of anilines is 1. The average Bonchev–Trinajstić information content (AvgIpc) is 3.38. The Morgan fingerprint density at radius 3 is 2.46 bits per heavy atom. The largest absolute Gasteiger partial charge is 0.367 e. The van der Waals surface area contributed by atoms with Gasteiger partial charge >= 0.3 is 0 Å². The van der Waals surface area contributed by atoms with Crippen molar-refractivity contribution in [3.05, 3.63) is 29.8 Å². The third-order valence-electron chi connectivity index (χ3n) is 6.99. The van der Waals surface area contributed by atoms with Gasteiger partial charge < -0.3 is 10.6 Å². The minimum Gasteiger partial charge on any atom is -0.367 e. The van der Waals surface area contributed by atoms with E-state index in [4.69, 9.17) is 5.73 Å². The third kappa shape index (κ3) is 3.22. The van der Waals surface area contributed by atoms with Crippen molar-refractivity contribution in [3.8, 4) is 0 Å². The standard InChI is InChI=1S/C22H32N4O2/c1-24(2)15-13-22(11-3-4-12-22)16-7-9-17(10-8-16)26-20(19(23)27)25-14-5-6-18(25)21(26)28/h7-10,18,20H,3-6,11-15H2,1-2H3,(H2,23,27)/t18-,20?/m0/s1. The molecular weight excluding hydrogens is 352 g/mol. The van der Waals surface area contributed by atoms with E-state index in [1.165, 1.54) is 31.2 Å². The van der Waals surface area contributed by atoms with Crippen LogP contribution >= 0.6 is 0 Å². The predicted octanol–water partition coefficient (Wildman–Crippen LogP) is 2.07. The Morgan fingerprint density at radius 2 is 1.86 bits per heavy atom. The minimum absolute atomic E-state index is 0.0113. The molecule has 2 heterocycles. The number of nitrogens with zero attached hydrogens (tertiary/aromatic N) is 3. The summed E-state index contributed by atoms with van der Waals surface area (Å²) in [7, 11) is 4.25. The van der Waals surface area contributed by atoms with E-state index >= 15 is 0 Å². The average molecular weight is 385 g/mol. The Labute approximate surface area is 167 Å². The van der Waals surface area contributed by atoms with E-state index in [2.05, 4.69) is 31.1 Å². The van der Waals surface area contributed by atoms with Gasteiger partial charge in [0.2, 0.25) is 5.91 Å². The molecule has 1 aromatic rings. The van der Waals surface area contributed by atoms with E-state index in [1.807, 2.05) is 17.0 Å². The first-order valence-corrected chi connectivity index (χ1v) is 10.6. The highest BCUT2D eigenvalue weighted by Gasteiger charge is 2.51. The lowest BCUT2D eigenvalue weighted by Crippen LogP contribution is -2.49. The maximum absolute atomic E-state index is 13.0. The molecule has 0 spiro atoms. The Hall–Kier alpha value is -1.92. The lowest BCUT2D eigenvalue weighted by atomic mass is 9.76. The van der Waals surface area contributed by atoms with Gasteiger partial charge in [-0.3, -0.25) is 19.4 Å². The minimum atomic E-state index is -0.653. The monoisotopic (exact) mass is 384 g/mol. The van der Waals surface area contributed by atoms with Crippen LogP contribution in [-0.4, -0.2) is 61.0 Å². The summed E-state index contributed by atoms with van der Waals surface area (Å²) >= 11 is 0. The number of hydrogen-bond acceptors (Lipinski definition) is 4. The van der Waals surface area contributed by atoms with E-state index in [-0.39, 0.29) is 17.4 Å². The number of benzene rings is 1. The molecule has 0 radical (unpaired) electrons. The molecule has 2 aliphatic heterocycles. The van der Waals surface area contributed by atoms with Gasteiger partial charge in [0.1, 0.15) is 0 Å². The second-order valence-electron chi connectivity index (χ2n) is 8.97. The van der Waals surface area contributed by atoms with Crippen LogP contribution in [0.4, 0.5) is 5.69 Å². The quantitative estimate of drug-likeness (QED) is 0.815. The molecule has 4 rings (SSSR count). The number of nitrogens with two attached hydrogens (primary N) is 1. The van der Waals surface area contributed by atoms with E-state index in [9.17, 15) is 9.59 Å². The molecule has 3 aliphatic rings. The van der Waals surface area contributed by atoms with Crippen LogP contribution in [0.15, 0.2) is 24.3 Å². The van der Waals surface area contributed by atoms with Gasteiger partial charge in [0.05, 0.1) is 6.04 Å². The van der Waals surface area contributed by atoms with Crippen molar-refractivity contribution in [1.82, 2.24) is 9.80 Å². The van der Waals surface area contributed by atoms with E-state index in [1.54, 1.807) is 4.90 Å². The summed E-state index contributed by atoms with van der Waals surface area (Å²) in [5, 5.41) is 0. The van der Waals surface area contributed by atoms with Gasteiger partial charge in [0.25, 0.3) is 5.91 Å². The number of carbonyl (C=O) groups is 2. The molecule has 1 aliphatic carbocycles. The van der Waals surface area contributed by atoms with Gasteiger partial charge in [0, 0.05) is 12.2 Å². The molecule has 152 valence electrons. The Balaban J connectivity index is 1.60. The molecule has 2 amide bonds. The normalized spacial score (nSPS) is 27.0. The van der Waals surface area contributed by atoms with Crippen LogP contribution in [-0.2, 0) is 15.0 Å². The molecule has 0 bridgehead atoms. The molecule has 2 atom stereocenters. The number of hydrogen-bond donors (Lipinski definition) is 1. The SMILES string of the molecule is CN(C)CCC1(c2ccc(N3C(=O)[C@@H]4CCCN4C3C(N)=O)cc2)CCCC1. The van der Waals surface area contributed by atoms with Crippen molar-refractivity contribution in [3.63, 3.8) is 0 Å². The van der Waals surface area contributed by atoms with Gasteiger partial charge in [-0.2, -0.15) is 0 Å². The zero-order valence-electron chi connectivity index (χ0n) is 17.1. The maximum atomic E-state index is 13.0. The molecule has 2 saturated heterocycles. The van der Waals surface area contributed by atoms with Crippen LogP contribution in [0.2, 0.25) is 0 Å². The van der Waals surface area contributed by atoms with Crippen LogP contribution in [0.3, 0.4) is 0 Å². The highest BCUT2D eigenvalue weighted by molar-refractivity contribution is 6.06. The fourth-order valence-electron chi connectivity index (χ4n) is 5.48. The summed E-state index contributed by atoms with van der Waals surface area (Å²) in [5.74, 6) is -0.433. The van der Waals surface area contributed by atoms with Crippen molar-refractivity contribution in [2.45, 2.75) is 62.6 Å². The van der Waals surface area contributed by atoms with Crippen molar-refractivity contribution in [1.29, 1.82) is 0 Å². The van der Waals surface area contributed by atoms with Gasteiger partial charge in [-0.25, -0.2) is 0 Å². The zero-order chi connectivity index (χ0) is 19.9. The summed E-state index contributed by atoms with van der Waals surface area (Å²) in [5.41, 5.74) is 8.06. The van der Waals surface area contributed by atoms with Gasteiger partial charge in [-0.15, -0.1) is 0 Å². The van der Waals surface area contributed by atoms with Gasteiger partial charge in [-0.1, -0.05) is 25.0 Å². The van der Waals surface area contributed by atoms with E-state index in [0.717, 1.165) is 38.0 Å². The molecule has 2 N–H and O–H groups in total. The van der Waals surface area contributed by atoms with Crippen LogP contribution < -0.4 is 10.6 Å². The lowest BCUT2D eigenvalue weighted by Gasteiger charge is -2.32. The molecule has 0 aromatic heterocycles.